The number of non-ortho nitro benzene ring substituents is 1. The Bertz CT molecular complexity index is 1000. The van der Waals surface area contributed by atoms with E-state index in [2.05, 4.69) is 51.9 Å². The number of nitro groups is 1. The molecule has 0 unspecified atom stereocenters. The molecule has 0 aliphatic rings. The van der Waals surface area contributed by atoms with Crippen molar-refractivity contribution in [3.63, 3.8) is 0 Å². The highest BCUT2D eigenvalue weighted by Crippen LogP contribution is 2.22. The topological polar surface area (TPSA) is 95.3 Å². The van der Waals surface area contributed by atoms with Crippen LogP contribution in [0.25, 0.3) is 10.9 Å². The number of aromatic nitrogens is 1. The first kappa shape index (κ1) is 22.7. The van der Waals surface area contributed by atoms with E-state index in [0.29, 0.717) is 12.5 Å². The summed E-state index contributed by atoms with van der Waals surface area (Å²) in [5, 5.41) is 18.6. The van der Waals surface area contributed by atoms with Crippen LogP contribution in [0.2, 0.25) is 0 Å². The number of nitro benzene ring substituents is 1. The maximum atomic E-state index is 10.9. The van der Waals surface area contributed by atoms with Crippen molar-refractivity contribution in [3.8, 4) is 0 Å². The van der Waals surface area contributed by atoms with Gasteiger partial charge in [0.05, 0.1) is 4.92 Å². The Morgan fingerprint density at radius 1 is 1.17 bits per heavy atom. The minimum absolute atomic E-state index is 0. The van der Waals surface area contributed by atoms with Crippen LogP contribution < -0.4 is 10.6 Å². The first-order chi connectivity index (χ1) is 13.6. The maximum absolute atomic E-state index is 10.9. The number of H-pyrrole nitrogens is 1. The molecule has 0 saturated carbocycles. The third-order valence-electron chi connectivity index (χ3n) is 4.76. The first-order valence-electron chi connectivity index (χ1n) is 9.38. The summed E-state index contributed by atoms with van der Waals surface area (Å²) in [6, 6.07) is 13.0. The Kier molecular flexibility index (Phi) is 8.44. The number of rotatable bonds is 7. The van der Waals surface area contributed by atoms with E-state index in [0.717, 1.165) is 24.9 Å². The second kappa shape index (κ2) is 10.8. The Morgan fingerprint density at radius 2 is 1.97 bits per heavy atom. The van der Waals surface area contributed by atoms with Gasteiger partial charge in [0, 0.05) is 49.4 Å². The van der Waals surface area contributed by atoms with Gasteiger partial charge in [0.15, 0.2) is 5.96 Å². The molecule has 3 rings (SSSR count). The monoisotopic (exact) mass is 507 g/mol. The van der Waals surface area contributed by atoms with E-state index in [1.807, 2.05) is 6.07 Å². The third kappa shape index (κ3) is 5.69. The average Bonchev–Trinajstić information content (AvgIpc) is 3.14. The van der Waals surface area contributed by atoms with E-state index >= 15 is 0 Å². The third-order valence-corrected chi connectivity index (χ3v) is 4.76. The van der Waals surface area contributed by atoms with Gasteiger partial charge in [-0.25, -0.2) is 0 Å². The Hall–Kier alpha value is -2.62. The fourth-order valence-electron chi connectivity index (χ4n) is 3.28. The molecule has 0 aliphatic carbocycles. The highest BCUT2D eigenvalue weighted by atomic mass is 127. The van der Waals surface area contributed by atoms with Crippen LogP contribution in [-0.2, 0) is 19.4 Å². The van der Waals surface area contributed by atoms with E-state index in [1.54, 1.807) is 19.2 Å². The number of aromatic amines is 1. The number of nitrogens with zero attached hydrogens (tertiary/aromatic N) is 2. The van der Waals surface area contributed by atoms with Crippen molar-refractivity contribution in [3.05, 3.63) is 75.5 Å². The standard InChI is InChI=1S/C21H25N5O2.HI/c1-3-16-7-5-9-19-17(14-24-20(16)19)10-11-23-21(22-2)25-13-15-6-4-8-18(12-15)26(27)28;/h4-9,12,14,24H,3,10-11,13H2,1-2H3,(H2,22,23,25);1H. The van der Waals surface area contributed by atoms with Gasteiger partial charge in [-0.05, 0) is 29.5 Å². The minimum atomic E-state index is -0.387. The lowest BCUT2D eigenvalue weighted by Crippen LogP contribution is -2.37. The summed E-state index contributed by atoms with van der Waals surface area (Å²) in [6.45, 7) is 3.36. The molecule has 2 aromatic carbocycles. The molecule has 154 valence electrons. The number of hydrogen-bond acceptors (Lipinski definition) is 3. The zero-order chi connectivity index (χ0) is 19.9. The minimum Gasteiger partial charge on any atom is -0.361 e. The van der Waals surface area contributed by atoms with Gasteiger partial charge in [-0.2, -0.15) is 0 Å². The van der Waals surface area contributed by atoms with Crippen LogP contribution in [0, 0.1) is 10.1 Å². The Balaban J connectivity index is 0.00000300. The number of aliphatic imine (C=N–C) groups is 1. The fourth-order valence-corrected chi connectivity index (χ4v) is 3.28. The Labute approximate surface area is 187 Å². The highest BCUT2D eigenvalue weighted by Gasteiger charge is 2.08. The summed E-state index contributed by atoms with van der Waals surface area (Å²) < 4.78 is 0. The molecule has 1 aromatic heterocycles. The van der Waals surface area contributed by atoms with E-state index in [4.69, 9.17) is 0 Å². The van der Waals surface area contributed by atoms with Crippen molar-refractivity contribution in [2.24, 2.45) is 4.99 Å². The van der Waals surface area contributed by atoms with Crippen LogP contribution in [-0.4, -0.2) is 29.5 Å². The van der Waals surface area contributed by atoms with Gasteiger partial charge in [0.25, 0.3) is 5.69 Å². The number of fused-ring (bicyclic) bond motifs is 1. The van der Waals surface area contributed by atoms with E-state index in [9.17, 15) is 10.1 Å². The van der Waals surface area contributed by atoms with Gasteiger partial charge in [-0.3, -0.25) is 15.1 Å². The number of nitrogens with one attached hydrogen (secondary N) is 3. The first-order valence-corrected chi connectivity index (χ1v) is 9.38. The summed E-state index contributed by atoms with van der Waals surface area (Å²) in [4.78, 5) is 18.1. The lowest BCUT2D eigenvalue weighted by atomic mass is 10.1. The Morgan fingerprint density at radius 3 is 2.69 bits per heavy atom. The lowest BCUT2D eigenvalue weighted by molar-refractivity contribution is -0.384. The maximum Gasteiger partial charge on any atom is 0.269 e. The van der Waals surface area contributed by atoms with Gasteiger partial charge in [0.2, 0.25) is 0 Å². The number of guanidine groups is 1. The number of aryl methyl sites for hydroxylation is 1. The molecule has 0 spiro atoms. The molecule has 29 heavy (non-hydrogen) atoms. The summed E-state index contributed by atoms with van der Waals surface area (Å²) in [5.74, 6) is 0.667. The van der Waals surface area contributed by atoms with Gasteiger partial charge >= 0.3 is 0 Å². The molecule has 0 bridgehead atoms. The van der Waals surface area contributed by atoms with Gasteiger partial charge < -0.3 is 15.6 Å². The molecule has 0 radical (unpaired) electrons. The molecular formula is C21H26IN5O2. The smallest absolute Gasteiger partial charge is 0.269 e. The number of halogens is 1. The largest absolute Gasteiger partial charge is 0.361 e. The second-order valence-electron chi connectivity index (χ2n) is 6.54. The number of hydrogen-bond donors (Lipinski definition) is 3. The van der Waals surface area contributed by atoms with Gasteiger partial charge in [0.1, 0.15) is 0 Å². The molecule has 1 heterocycles. The SMILES string of the molecule is CCc1cccc2c(CCNC(=NC)NCc3cccc([N+](=O)[O-])c3)c[nH]c12.I. The molecule has 3 N–H and O–H groups in total. The molecule has 0 saturated heterocycles. The van der Waals surface area contributed by atoms with Crippen LogP contribution in [0.5, 0.6) is 0 Å². The normalized spacial score (nSPS) is 11.2. The molecule has 0 aliphatic heterocycles. The zero-order valence-corrected chi connectivity index (χ0v) is 18.9. The van der Waals surface area contributed by atoms with Crippen molar-refractivity contribution in [1.82, 2.24) is 15.6 Å². The predicted molar refractivity (Wildman–Crippen MR) is 128 cm³/mol. The molecule has 8 heteroatoms. The van der Waals surface area contributed by atoms with Crippen molar-refractivity contribution >= 4 is 46.5 Å². The van der Waals surface area contributed by atoms with Gasteiger partial charge in [-0.15, -0.1) is 24.0 Å². The molecular weight excluding hydrogens is 481 g/mol. The highest BCUT2D eigenvalue weighted by molar-refractivity contribution is 14.0. The van der Waals surface area contributed by atoms with Crippen LogP contribution in [0.4, 0.5) is 5.69 Å². The molecule has 0 fully saturated rings. The predicted octanol–water partition coefficient (Wildman–Crippen LogP) is 4.16. The average molecular weight is 507 g/mol. The van der Waals surface area contributed by atoms with Crippen LogP contribution >= 0.6 is 24.0 Å². The second-order valence-corrected chi connectivity index (χ2v) is 6.54. The van der Waals surface area contributed by atoms with E-state index in [-0.39, 0.29) is 34.6 Å². The van der Waals surface area contributed by atoms with Crippen LogP contribution in [0.1, 0.15) is 23.6 Å². The van der Waals surface area contributed by atoms with Crippen LogP contribution in [0.15, 0.2) is 53.7 Å². The summed E-state index contributed by atoms with van der Waals surface area (Å²) >= 11 is 0. The quantitative estimate of drug-likeness (QED) is 0.147. The summed E-state index contributed by atoms with van der Waals surface area (Å²) in [7, 11) is 1.71. The fraction of sp³-hybridized carbons (Fsp3) is 0.286. The molecule has 0 amide bonds. The van der Waals surface area contributed by atoms with Gasteiger partial charge in [-0.1, -0.05) is 37.3 Å². The van der Waals surface area contributed by atoms with E-state index < -0.39 is 0 Å². The van der Waals surface area contributed by atoms with Crippen molar-refractivity contribution < 1.29 is 4.92 Å². The van der Waals surface area contributed by atoms with Crippen molar-refractivity contribution in [2.75, 3.05) is 13.6 Å². The molecule has 0 atom stereocenters. The van der Waals surface area contributed by atoms with Crippen molar-refractivity contribution in [1.29, 1.82) is 0 Å². The number of para-hydroxylation sites is 1. The lowest BCUT2D eigenvalue weighted by Gasteiger charge is -2.12. The molecule has 7 nitrogen and oxygen atoms in total. The summed E-state index contributed by atoms with van der Waals surface area (Å²) in [6.07, 6.45) is 3.94. The van der Waals surface area contributed by atoms with E-state index in [1.165, 1.54) is 28.1 Å². The number of benzene rings is 2. The molecule has 3 aromatic rings. The zero-order valence-electron chi connectivity index (χ0n) is 16.6. The van der Waals surface area contributed by atoms with Crippen LogP contribution in [0.3, 0.4) is 0 Å². The summed E-state index contributed by atoms with van der Waals surface area (Å²) in [5.41, 5.74) is 4.74. The van der Waals surface area contributed by atoms with Crippen molar-refractivity contribution in [2.45, 2.75) is 26.3 Å².